The largest absolute Gasteiger partial charge is 0.443 e. The van der Waals surface area contributed by atoms with Crippen molar-refractivity contribution in [2.75, 3.05) is 11.4 Å². The molecule has 162 valence electrons. The van der Waals surface area contributed by atoms with Crippen molar-refractivity contribution in [2.24, 2.45) is 0 Å². The minimum absolute atomic E-state index is 0.170. The van der Waals surface area contributed by atoms with Crippen LogP contribution in [0.2, 0.25) is 0 Å². The van der Waals surface area contributed by atoms with Crippen molar-refractivity contribution >= 4 is 11.9 Å². The van der Waals surface area contributed by atoms with E-state index in [-0.39, 0.29) is 12.1 Å². The molecule has 2 fully saturated rings. The molecule has 1 saturated carbocycles. The monoisotopic (exact) mass is 401 g/mol. The van der Waals surface area contributed by atoms with Crippen LogP contribution in [0.15, 0.2) is 18.3 Å². The van der Waals surface area contributed by atoms with Crippen LogP contribution < -0.4 is 4.90 Å². The Bertz CT molecular complexity index is 677. The summed E-state index contributed by atoms with van der Waals surface area (Å²) < 4.78 is 5.86. The summed E-state index contributed by atoms with van der Waals surface area (Å²) >= 11 is 0. The molecule has 2 heterocycles. The summed E-state index contributed by atoms with van der Waals surface area (Å²) in [7, 11) is 0. The molecule has 0 N–H and O–H groups in total. The second-order valence-corrected chi connectivity index (χ2v) is 9.90. The van der Waals surface area contributed by atoms with E-state index >= 15 is 0 Å². The number of hydrogen-bond acceptors (Lipinski definition) is 4. The van der Waals surface area contributed by atoms with Crippen LogP contribution >= 0.6 is 0 Å². The highest BCUT2D eigenvalue weighted by atomic mass is 16.6. The molecule has 1 aromatic heterocycles. The van der Waals surface area contributed by atoms with Crippen molar-refractivity contribution in [3.05, 3.63) is 23.9 Å². The maximum Gasteiger partial charge on any atom is 0.416 e. The van der Waals surface area contributed by atoms with Gasteiger partial charge in [-0.1, -0.05) is 31.7 Å². The number of pyridine rings is 1. The second kappa shape index (κ2) is 9.46. The number of hydrogen-bond donors (Lipinski definition) is 0. The first-order valence-corrected chi connectivity index (χ1v) is 11.5. The number of piperidine rings is 1. The Kier molecular flexibility index (Phi) is 7.20. The highest BCUT2D eigenvalue weighted by molar-refractivity contribution is 5.88. The van der Waals surface area contributed by atoms with E-state index in [2.05, 4.69) is 24.8 Å². The number of ether oxygens (including phenoxy) is 1. The molecule has 0 aromatic carbocycles. The average molecular weight is 402 g/mol. The van der Waals surface area contributed by atoms with Gasteiger partial charge in [0.2, 0.25) is 0 Å². The van der Waals surface area contributed by atoms with Gasteiger partial charge in [-0.15, -0.1) is 0 Å². The summed E-state index contributed by atoms with van der Waals surface area (Å²) in [4.78, 5) is 22.6. The number of rotatable bonds is 4. The highest BCUT2D eigenvalue weighted by Gasteiger charge is 2.36. The van der Waals surface area contributed by atoms with E-state index in [1.165, 1.54) is 24.8 Å². The smallest absolute Gasteiger partial charge is 0.416 e. The van der Waals surface area contributed by atoms with Crippen molar-refractivity contribution in [3.63, 3.8) is 0 Å². The molecule has 1 saturated heterocycles. The lowest BCUT2D eigenvalue weighted by atomic mass is 9.91. The van der Waals surface area contributed by atoms with Crippen LogP contribution in [-0.4, -0.2) is 40.2 Å². The van der Waals surface area contributed by atoms with E-state index in [4.69, 9.17) is 9.72 Å². The van der Waals surface area contributed by atoms with Gasteiger partial charge in [0.05, 0.1) is 0 Å². The lowest BCUT2D eigenvalue weighted by molar-refractivity contribution is 0.0554. The van der Waals surface area contributed by atoms with Crippen LogP contribution in [0.25, 0.3) is 0 Å². The SMILES string of the molecule is CC(C)N1CCCC[C@H]1c1cccnc1N(C(=O)OC(C)(C)C)C1CCCCC1. The molecule has 1 aromatic rings. The maximum atomic E-state index is 13.4. The van der Waals surface area contributed by atoms with E-state index in [1.54, 1.807) is 0 Å². The molecule has 1 atom stereocenters. The van der Waals surface area contributed by atoms with Gasteiger partial charge in [0.1, 0.15) is 11.4 Å². The molecule has 0 bridgehead atoms. The summed E-state index contributed by atoms with van der Waals surface area (Å²) in [5.41, 5.74) is 0.658. The van der Waals surface area contributed by atoms with E-state index < -0.39 is 5.60 Å². The quantitative estimate of drug-likeness (QED) is 0.612. The molecule has 3 rings (SSSR count). The molecule has 1 amide bonds. The lowest BCUT2D eigenvalue weighted by Gasteiger charge is -2.41. The Morgan fingerprint density at radius 1 is 1.14 bits per heavy atom. The summed E-state index contributed by atoms with van der Waals surface area (Å²) in [5.74, 6) is 0.811. The van der Waals surface area contributed by atoms with E-state index in [0.29, 0.717) is 12.1 Å². The topological polar surface area (TPSA) is 45.7 Å². The molecule has 1 aliphatic carbocycles. The third kappa shape index (κ3) is 5.50. The van der Waals surface area contributed by atoms with Crippen LogP contribution in [0.5, 0.6) is 0 Å². The molecule has 0 radical (unpaired) electrons. The van der Waals surface area contributed by atoms with Crippen LogP contribution in [0.1, 0.15) is 97.6 Å². The molecule has 0 unspecified atom stereocenters. The summed E-state index contributed by atoms with van der Waals surface area (Å²) in [6, 6.07) is 5.14. The molecule has 2 aliphatic rings. The van der Waals surface area contributed by atoms with Gasteiger partial charge in [0, 0.05) is 29.9 Å². The molecular formula is C24H39N3O2. The van der Waals surface area contributed by atoms with Gasteiger partial charge in [0.15, 0.2) is 0 Å². The number of carbonyl (C=O) groups is 1. The first kappa shape index (κ1) is 22.1. The van der Waals surface area contributed by atoms with E-state index in [0.717, 1.165) is 44.5 Å². The molecular weight excluding hydrogens is 362 g/mol. The van der Waals surface area contributed by atoms with Gasteiger partial charge in [-0.25, -0.2) is 9.78 Å². The first-order chi connectivity index (χ1) is 13.8. The minimum atomic E-state index is -0.520. The number of nitrogens with zero attached hydrogens (tertiary/aromatic N) is 3. The standard InChI is InChI=1S/C24H39N3O2/c1-18(2)26-17-10-9-15-21(26)20-14-11-16-25-22(20)27(19-12-7-6-8-13-19)23(28)29-24(3,4)5/h11,14,16,18-19,21H,6-10,12-13,15,17H2,1-5H3/t21-/m0/s1. The second-order valence-electron chi connectivity index (χ2n) is 9.90. The number of amides is 1. The fraction of sp³-hybridized carbons (Fsp3) is 0.750. The Morgan fingerprint density at radius 3 is 2.48 bits per heavy atom. The van der Waals surface area contributed by atoms with Gasteiger partial charge in [-0.3, -0.25) is 9.80 Å². The Hall–Kier alpha value is -1.62. The normalized spacial score (nSPS) is 21.9. The zero-order valence-corrected chi connectivity index (χ0v) is 19.0. The van der Waals surface area contributed by atoms with Gasteiger partial charge >= 0.3 is 6.09 Å². The van der Waals surface area contributed by atoms with Crippen molar-refractivity contribution in [3.8, 4) is 0 Å². The van der Waals surface area contributed by atoms with Crippen LogP contribution in [0, 0.1) is 0 Å². The van der Waals surface area contributed by atoms with Gasteiger partial charge in [-0.2, -0.15) is 0 Å². The van der Waals surface area contributed by atoms with Crippen LogP contribution in [0.4, 0.5) is 10.6 Å². The first-order valence-electron chi connectivity index (χ1n) is 11.5. The van der Waals surface area contributed by atoms with Gasteiger partial charge in [0.25, 0.3) is 0 Å². The van der Waals surface area contributed by atoms with Crippen LogP contribution in [0.3, 0.4) is 0 Å². The number of carbonyl (C=O) groups excluding carboxylic acids is 1. The minimum Gasteiger partial charge on any atom is -0.443 e. The summed E-state index contributed by atoms with van der Waals surface area (Å²) in [6.45, 7) is 11.4. The van der Waals surface area contributed by atoms with E-state index in [9.17, 15) is 4.79 Å². The van der Waals surface area contributed by atoms with Gasteiger partial charge < -0.3 is 4.74 Å². The third-order valence-electron chi connectivity index (χ3n) is 6.14. The lowest BCUT2D eigenvalue weighted by Crippen LogP contribution is -2.46. The molecule has 0 spiro atoms. The van der Waals surface area contributed by atoms with E-state index in [1.807, 2.05) is 37.9 Å². The van der Waals surface area contributed by atoms with Crippen LogP contribution in [-0.2, 0) is 4.74 Å². The fourth-order valence-electron chi connectivity index (χ4n) is 4.84. The Morgan fingerprint density at radius 2 is 1.83 bits per heavy atom. The van der Waals surface area contributed by atoms with Crippen molar-refractivity contribution in [1.29, 1.82) is 0 Å². The number of anilines is 1. The predicted molar refractivity (Wildman–Crippen MR) is 118 cm³/mol. The maximum absolute atomic E-state index is 13.4. The predicted octanol–water partition coefficient (Wildman–Crippen LogP) is 6.09. The van der Waals surface area contributed by atoms with Crippen molar-refractivity contribution < 1.29 is 9.53 Å². The number of aromatic nitrogens is 1. The fourth-order valence-corrected chi connectivity index (χ4v) is 4.84. The third-order valence-corrected chi connectivity index (χ3v) is 6.14. The average Bonchev–Trinajstić information content (AvgIpc) is 2.68. The molecule has 5 nitrogen and oxygen atoms in total. The van der Waals surface area contributed by atoms with Crippen molar-refractivity contribution in [2.45, 2.75) is 110 Å². The summed E-state index contributed by atoms with van der Waals surface area (Å²) in [6.07, 6.45) is 10.8. The molecule has 1 aliphatic heterocycles. The van der Waals surface area contributed by atoms with Crippen molar-refractivity contribution in [1.82, 2.24) is 9.88 Å². The zero-order chi connectivity index (χ0) is 21.0. The highest BCUT2D eigenvalue weighted by Crippen LogP contribution is 2.39. The zero-order valence-electron chi connectivity index (χ0n) is 19.0. The summed E-state index contributed by atoms with van der Waals surface area (Å²) in [5, 5.41) is 0. The Labute approximate surface area is 176 Å². The molecule has 5 heteroatoms. The van der Waals surface area contributed by atoms with Gasteiger partial charge in [-0.05, 0) is 72.9 Å². The Balaban J connectivity index is 2.00. The number of likely N-dealkylation sites (tertiary alicyclic amines) is 1. The molecule has 29 heavy (non-hydrogen) atoms.